The number of likely N-dealkylation sites (tertiary alicyclic amines) is 1. The van der Waals surface area contributed by atoms with Gasteiger partial charge in [-0.15, -0.1) is 0 Å². The largest absolute Gasteiger partial charge is 0.369 e. The maximum atomic E-state index is 11.4. The Bertz CT molecular complexity index is 415. The molecular weight excluding hydrogens is 264 g/mol. The minimum atomic E-state index is -0.413. The van der Waals surface area contributed by atoms with Gasteiger partial charge in [-0.25, -0.2) is 0 Å². The van der Waals surface area contributed by atoms with Crippen LogP contribution in [0, 0.1) is 17.2 Å². The van der Waals surface area contributed by atoms with Gasteiger partial charge in [0.05, 0.1) is 12.0 Å². The third-order valence-corrected chi connectivity index (χ3v) is 4.88. The summed E-state index contributed by atoms with van der Waals surface area (Å²) in [6.07, 6.45) is 6.15. The van der Waals surface area contributed by atoms with Crippen molar-refractivity contribution in [3.8, 4) is 6.07 Å². The van der Waals surface area contributed by atoms with Crippen molar-refractivity contribution in [1.29, 1.82) is 5.26 Å². The van der Waals surface area contributed by atoms with Gasteiger partial charge in [0.1, 0.15) is 5.54 Å². The lowest BCUT2D eigenvalue weighted by Crippen LogP contribution is -2.47. The Morgan fingerprint density at radius 1 is 1.43 bits per heavy atom. The van der Waals surface area contributed by atoms with Crippen LogP contribution in [0.1, 0.15) is 52.4 Å². The van der Waals surface area contributed by atoms with E-state index >= 15 is 0 Å². The number of primary amides is 1. The highest BCUT2D eigenvalue weighted by molar-refractivity contribution is 5.76. The second-order valence-corrected chi connectivity index (χ2v) is 6.99. The topological polar surface area (TPSA) is 82.2 Å². The van der Waals surface area contributed by atoms with E-state index in [-0.39, 0.29) is 11.8 Å². The summed E-state index contributed by atoms with van der Waals surface area (Å²) < 4.78 is 0. The molecule has 1 amide bonds. The third kappa shape index (κ3) is 4.69. The van der Waals surface area contributed by atoms with E-state index in [4.69, 9.17) is 5.73 Å². The van der Waals surface area contributed by atoms with Crippen LogP contribution in [-0.2, 0) is 4.79 Å². The van der Waals surface area contributed by atoms with E-state index in [0.717, 1.165) is 38.8 Å². The Morgan fingerprint density at radius 3 is 2.71 bits per heavy atom. The van der Waals surface area contributed by atoms with Gasteiger partial charge in [-0.1, -0.05) is 0 Å². The van der Waals surface area contributed by atoms with Crippen LogP contribution in [-0.4, -0.2) is 41.5 Å². The quantitative estimate of drug-likeness (QED) is 0.743. The number of carbonyl (C=O) groups excluding carboxylic acids is 1. The highest BCUT2D eigenvalue weighted by Crippen LogP contribution is 2.26. The Kier molecular flexibility index (Phi) is 5.23. The number of nitrogens with two attached hydrogens (primary N) is 1. The van der Waals surface area contributed by atoms with E-state index in [0.29, 0.717) is 12.1 Å². The Balaban J connectivity index is 1.78. The molecule has 3 unspecified atom stereocenters. The maximum Gasteiger partial charge on any atom is 0.221 e. The van der Waals surface area contributed by atoms with Crippen molar-refractivity contribution >= 4 is 5.91 Å². The van der Waals surface area contributed by atoms with Crippen molar-refractivity contribution in [3.05, 3.63) is 0 Å². The highest BCUT2D eigenvalue weighted by atomic mass is 16.1. The number of piperidine rings is 1. The summed E-state index contributed by atoms with van der Waals surface area (Å²) in [5.41, 5.74) is 5.02. The van der Waals surface area contributed by atoms with E-state index in [9.17, 15) is 10.1 Å². The summed E-state index contributed by atoms with van der Waals surface area (Å²) in [6.45, 7) is 5.92. The summed E-state index contributed by atoms with van der Waals surface area (Å²) in [5, 5.41) is 12.8. The van der Waals surface area contributed by atoms with E-state index in [1.165, 1.54) is 12.8 Å². The van der Waals surface area contributed by atoms with Gasteiger partial charge < -0.3 is 5.73 Å². The number of rotatable bonds is 7. The molecule has 1 saturated heterocycles. The molecule has 118 valence electrons. The molecule has 0 aromatic heterocycles. The maximum absolute atomic E-state index is 11.4. The molecule has 1 aliphatic carbocycles. The van der Waals surface area contributed by atoms with Crippen LogP contribution in [0.4, 0.5) is 0 Å². The Labute approximate surface area is 127 Å². The minimum absolute atomic E-state index is 0.00635. The van der Waals surface area contributed by atoms with E-state index in [1.54, 1.807) is 0 Å². The monoisotopic (exact) mass is 292 g/mol. The van der Waals surface area contributed by atoms with E-state index < -0.39 is 5.54 Å². The lowest BCUT2D eigenvalue weighted by atomic mass is 9.92. The SMILES string of the molecule is CC1CCC(C(N)=O)CN1CCCC(C)(C#N)NC1CC1. The number of nitrogens with one attached hydrogen (secondary N) is 1. The molecule has 2 aliphatic rings. The summed E-state index contributed by atoms with van der Waals surface area (Å²) in [5.74, 6) is -0.183. The second kappa shape index (κ2) is 6.76. The molecule has 0 spiro atoms. The average molecular weight is 292 g/mol. The molecule has 1 heterocycles. The molecule has 0 bridgehead atoms. The lowest BCUT2D eigenvalue weighted by Gasteiger charge is -2.37. The van der Waals surface area contributed by atoms with Crippen molar-refractivity contribution in [2.45, 2.75) is 70.0 Å². The van der Waals surface area contributed by atoms with Crippen molar-refractivity contribution in [2.75, 3.05) is 13.1 Å². The van der Waals surface area contributed by atoms with Crippen LogP contribution in [0.2, 0.25) is 0 Å². The molecule has 5 nitrogen and oxygen atoms in total. The Hall–Kier alpha value is -1.12. The van der Waals surface area contributed by atoms with Crippen LogP contribution < -0.4 is 11.1 Å². The summed E-state index contributed by atoms with van der Waals surface area (Å²) in [6, 6.07) is 3.47. The predicted molar refractivity (Wildman–Crippen MR) is 82.4 cm³/mol. The third-order valence-electron chi connectivity index (χ3n) is 4.88. The van der Waals surface area contributed by atoms with Crippen LogP contribution >= 0.6 is 0 Å². The average Bonchev–Trinajstić information content (AvgIpc) is 3.24. The summed E-state index contributed by atoms with van der Waals surface area (Å²) >= 11 is 0. The lowest BCUT2D eigenvalue weighted by molar-refractivity contribution is -0.123. The molecule has 5 heteroatoms. The molecule has 2 rings (SSSR count). The van der Waals surface area contributed by atoms with Crippen LogP contribution in [0.15, 0.2) is 0 Å². The zero-order valence-corrected chi connectivity index (χ0v) is 13.3. The fourth-order valence-corrected chi connectivity index (χ4v) is 3.20. The molecule has 0 aromatic carbocycles. The molecule has 3 N–H and O–H groups in total. The van der Waals surface area contributed by atoms with Gasteiger partial charge in [0, 0.05) is 18.6 Å². The van der Waals surface area contributed by atoms with Gasteiger partial charge in [0.2, 0.25) is 5.91 Å². The summed E-state index contributed by atoms with van der Waals surface area (Å²) in [7, 11) is 0. The molecular formula is C16H28N4O. The first-order valence-electron chi connectivity index (χ1n) is 8.16. The number of hydrogen-bond acceptors (Lipinski definition) is 4. The molecule has 0 radical (unpaired) electrons. The zero-order chi connectivity index (χ0) is 15.5. The van der Waals surface area contributed by atoms with E-state index in [2.05, 4.69) is 23.2 Å². The smallest absolute Gasteiger partial charge is 0.221 e. The number of carbonyl (C=O) groups is 1. The van der Waals surface area contributed by atoms with Crippen LogP contribution in [0.3, 0.4) is 0 Å². The second-order valence-electron chi connectivity index (χ2n) is 6.99. The fraction of sp³-hybridized carbons (Fsp3) is 0.875. The predicted octanol–water partition coefficient (Wildman–Crippen LogP) is 1.39. The van der Waals surface area contributed by atoms with Gasteiger partial charge in [-0.05, 0) is 58.9 Å². The van der Waals surface area contributed by atoms with Gasteiger partial charge >= 0.3 is 0 Å². The first kappa shape index (κ1) is 16.3. The van der Waals surface area contributed by atoms with Gasteiger partial charge in [0.15, 0.2) is 0 Å². The van der Waals surface area contributed by atoms with Crippen molar-refractivity contribution in [2.24, 2.45) is 11.7 Å². The number of nitrogens with zero attached hydrogens (tertiary/aromatic N) is 2. The number of amides is 1. The molecule has 3 atom stereocenters. The van der Waals surface area contributed by atoms with Gasteiger partial charge in [0.25, 0.3) is 0 Å². The van der Waals surface area contributed by atoms with Crippen molar-refractivity contribution < 1.29 is 4.79 Å². The number of nitriles is 1. The standard InChI is InChI=1S/C16H28N4O/c1-12-4-5-13(15(18)21)10-20(12)9-3-8-16(2,11-17)19-14-6-7-14/h12-14,19H,3-10H2,1-2H3,(H2,18,21). The first-order valence-corrected chi connectivity index (χ1v) is 8.16. The molecule has 21 heavy (non-hydrogen) atoms. The fourth-order valence-electron chi connectivity index (χ4n) is 3.20. The van der Waals surface area contributed by atoms with Gasteiger partial charge in [-0.2, -0.15) is 5.26 Å². The van der Waals surface area contributed by atoms with Crippen molar-refractivity contribution in [3.63, 3.8) is 0 Å². The molecule has 1 aliphatic heterocycles. The summed E-state index contributed by atoms with van der Waals surface area (Å²) in [4.78, 5) is 13.7. The normalized spacial score (nSPS) is 29.6. The molecule has 0 aromatic rings. The van der Waals surface area contributed by atoms with Crippen LogP contribution in [0.5, 0.6) is 0 Å². The van der Waals surface area contributed by atoms with E-state index in [1.807, 2.05) is 6.92 Å². The van der Waals surface area contributed by atoms with Crippen LogP contribution in [0.25, 0.3) is 0 Å². The zero-order valence-electron chi connectivity index (χ0n) is 13.3. The van der Waals surface area contributed by atoms with Crippen molar-refractivity contribution in [1.82, 2.24) is 10.2 Å². The number of hydrogen-bond donors (Lipinski definition) is 2. The molecule has 1 saturated carbocycles. The molecule has 2 fully saturated rings. The highest BCUT2D eigenvalue weighted by Gasteiger charge is 2.33. The minimum Gasteiger partial charge on any atom is -0.369 e. The first-order chi connectivity index (χ1) is 9.93. The Morgan fingerprint density at radius 2 is 2.14 bits per heavy atom. The van der Waals surface area contributed by atoms with Gasteiger partial charge in [-0.3, -0.25) is 15.0 Å².